The monoisotopic (exact) mass is 326 g/mol. The van der Waals surface area contributed by atoms with E-state index in [0.717, 1.165) is 15.8 Å². The van der Waals surface area contributed by atoms with Crippen LogP contribution in [-0.4, -0.2) is 18.3 Å². The van der Waals surface area contributed by atoms with E-state index < -0.39 is 0 Å². The molecule has 0 saturated heterocycles. The Morgan fingerprint density at radius 1 is 1.26 bits per heavy atom. The SMILES string of the molecule is COc1ccc(CC(O)C2C(C)(C)C2(C)C)cc1Br. The Bertz CT molecular complexity index is 466. The standard InChI is InChI=1S/C16H23BrO2/c1-15(2)14(16(15,3)4)12(18)9-10-6-7-13(19-5)11(17)8-10/h6-8,12,14,18H,9H2,1-5H3. The quantitative estimate of drug-likeness (QED) is 0.904. The summed E-state index contributed by atoms with van der Waals surface area (Å²) in [5, 5.41) is 10.5. The summed E-state index contributed by atoms with van der Waals surface area (Å²) in [6.45, 7) is 8.96. The van der Waals surface area contributed by atoms with Crippen molar-refractivity contribution in [2.45, 2.75) is 40.2 Å². The van der Waals surface area contributed by atoms with E-state index in [1.165, 1.54) is 0 Å². The molecule has 0 radical (unpaired) electrons. The highest BCUT2D eigenvalue weighted by Gasteiger charge is 2.66. The summed E-state index contributed by atoms with van der Waals surface area (Å²) in [6.07, 6.45) is 0.408. The van der Waals surface area contributed by atoms with Gasteiger partial charge in [-0.05, 0) is 56.8 Å². The lowest BCUT2D eigenvalue weighted by molar-refractivity contribution is 0.129. The summed E-state index contributed by atoms with van der Waals surface area (Å²) >= 11 is 3.49. The van der Waals surface area contributed by atoms with Gasteiger partial charge in [0.25, 0.3) is 0 Å². The molecular weight excluding hydrogens is 304 g/mol. The molecule has 1 aromatic carbocycles. The van der Waals surface area contributed by atoms with Crippen LogP contribution in [0, 0.1) is 16.7 Å². The first kappa shape index (κ1) is 14.9. The second-order valence-corrected chi connectivity index (χ2v) is 7.52. The summed E-state index contributed by atoms with van der Waals surface area (Å²) in [4.78, 5) is 0. The molecule has 1 fully saturated rings. The van der Waals surface area contributed by atoms with Gasteiger partial charge in [-0.3, -0.25) is 0 Å². The van der Waals surface area contributed by atoms with E-state index in [9.17, 15) is 5.11 Å². The average molecular weight is 327 g/mol. The van der Waals surface area contributed by atoms with Gasteiger partial charge < -0.3 is 9.84 Å². The first-order chi connectivity index (χ1) is 8.71. The van der Waals surface area contributed by atoms with Crippen LogP contribution >= 0.6 is 15.9 Å². The minimum absolute atomic E-state index is 0.218. The number of halogens is 1. The smallest absolute Gasteiger partial charge is 0.133 e. The first-order valence-corrected chi connectivity index (χ1v) is 7.51. The van der Waals surface area contributed by atoms with Crippen LogP contribution in [0.4, 0.5) is 0 Å². The van der Waals surface area contributed by atoms with Gasteiger partial charge in [-0.1, -0.05) is 33.8 Å². The molecular formula is C16H23BrO2. The molecule has 19 heavy (non-hydrogen) atoms. The lowest BCUT2D eigenvalue weighted by Crippen LogP contribution is -2.17. The fourth-order valence-corrected chi connectivity index (χ4v) is 3.99. The first-order valence-electron chi connectivity index (χ1n) is 6.72. The largest absolute Gasteiger partial charge is 0.496 e. The third kappa shape index (κ3) is 2.43. The minimum atomic E-state index is -0.287. The van der Waals surface area contributed by atoms with Crippen molar-refractivity contribution in [1.82, 2.24) is 0 Å². The maximum absolute atomic E-state index is 10.5. The predicted molar refractivity (Wildman–Crippen MR) is 81.5 cm³/mol. The van der Waals surface area contributed by atoms with Gasteiger partial charge in [0.2, 0.25) is 0 Å². The van der Waals surface area contributed by atoms with E-state index in [2.05, 4.69) is 43.6 Å². The third-order valence-electron chi connectivity index (χ3n) is 5.18. The number of benzene rings is 1. The third-order valence-corrected chi connectivity index (χ3v) is 5.80. The van der Waals surface area contributed by atoms with E-state index in [0.29, 0.717) is 12.3 Å². The highest BCUT2D eigenvalue weighted by Crippen LogP contribution is 2.69. The van der Waals surface area contributed by atoms with Crippen molar-refractivity contribution in [3.05, 3.63) is 28.2 Å². The minimum Gasteiger partial charge on any atom is -0.496 e. The second-order valence-electron chi connectivity index (χ2n) is 6.66. The van der Waals surface area contributed by atoms with Gasteiger partial charge in [-0.2, -0.15) is 0 Å². The highest BCUT2D eigenvalue weighted by molar-refractivity contribution is 9.10. The van der Waals surface area contributed by atoms with E-state index >= 15 is 0 Å². The number of aliphatic hydroxyl groups excluding tert-OH is 1. The summed E-state index contributed by atoms with van der Waals surface area (Å²) in [5.41, 5.74) is 1.57. The molecule has 2 rings (SSSR count). The fraction of sp³-hybridized carbons (Fsp3) is 0.625. The molecule has 1 N–H and O–H groups in total. The van der Waals surface area contributed by atoms with Crippen molar-refractivity contribution in [3.63, 3.8) is 0 Å². The van der Waals surface area contributed by atoms with Crippen LogP contribution in [0.3, 0.4) is 0 Å². The number of aliphatic hydroxyl groups is 1. The Hall–Kier alpha value is -0.540. The molecule has 2 nitrogen and oxygen atoms in total. The van der Waals surface area contributed by atoms with Gasteiger partial charge in [-0.15, -0.1) is 0 Å². The number of hydrogen-bond acceptors (Lipinski definition) is 2. The van der Waals surface area contributed by atoms with Crippen LogP contribution in [0.2, 0.25) is 0 Å². The molecule has 0 aromatic heterocycles. The Balaban J connectivity index is 2.09. The molecule has 0 bridgehead atoms. The van der Waals surface area contributed by atoms with Crippen molar-refractivity contribution < 1.29 is 9.84 Å². The molecule has 1 saturated carbocycles. The Morgan fingerprint density at radius 3 is 2.26 bits per heavy atom. The van der Waals surface area contributed by atoms with Gasteiger partial charge in [-0.25, -0.2) is 0 Å². The van der Waals surface area contributed by atoms with Gasteiger partial charge in [0.15, 0.2) is 0 Å². The molecule has 0 spiro atoms. The summed E-state index contributed by atoms with van der Waals surface area (Å²) in [6, 6.07) is 5.99. The van der Waals surface area contributed by atoms with Gasteiger partial charge in [0.1, 0.15) is 5.75 Å². The lowest BCUT2D eigenvalue weighted by atomic mass is 9.99. The zero-order valence-electron chi connectivity index (χ0n) is 12.3. The molecule has 106 valence electrons. The van der Waals surface area contributed by atoms with E-state index in [4.69, 9.17) is 4.74 Å². The maximum atomic E-state index is 10.5. The van der Waals surface area contributed by atoms with Crippen molar-refractivity contribution in [1.29, 1.82) is 0 Å². The molecule has 1 aromatic rings. The predicted octanol–water partition coefficient (Wildman–Crippen LogP) is 4.04. The Morgan fingerprint density at radius 2 is 1.84 bits per heavy atom. The van der Waals surface area contributed by atoms with Crippen LogP contribution in [0.25, 0.3) is 0 Å². The van der Waals surface area contributed by atoms with Crippen molar-refractivity contribution >= 4 is 15.9 Å². The zero-order valence-corrected chi connectivity index (χ0v) is 13.9. The van der Waals surface area contributed by atoms with Crippen LogP contribution in [0.15, 0.2) is 22.7 Å². The van der Waals surface area contributed by atoms with Crippen molar-refractivity contribution in [3.8, 4) is 5.75 Å². The maximum Gasteiger partial charge on any atom is 0.133 e. The summed E-state index contributed by atoms with van der Waals surface area (Å²) in [5.74, 6) is 1.19. The number of ether oxygens (including phenoxy) is 1. The summed E-state index contributed by atoms with van der Waals surface area (Å²) in [7, 11) is 1.66. The molecule has 1 aliphatic carbocycles. The van der Waals surface area contributed by atoms with Gasteiger partial charge >= 0.3 is 0 Å². The number of hydrogen-bond donors (Lipinski definition) is 1. The summed E-state index contributed by atoms with van der Waals surface area (Å²) < 4.78 is 6.16. The van der Waals surface area contributed by atoms with Gasteiger partial charge in [0.05, 0.1) is 17.7 Å². The Kier molecular flexibility index (Phi) is 3.74. The van der Waals surface area contributed by atoms with Crippen LogP contribution in [-0.2, 0) is 6.42 Å². The normalized spacial score (nSPS) is 22.1. The molecule has 1 atom stereocenters. The molecule has 1 aliphatic rings. The molecule has 0 aliphatic heterocycles. The topological polar surface area (TPSA) is 29.5 Å². The van der Waals surface area contributed by atoms with Crippen LogP contribution < -0.4 is 4.74 Å². The average Bonchev–Trinajstić information content (AvgIpc) is 2.69. The van der Waals surface area contributed by atoms with Crippen LogP contribution in [0.5, 0.6) is 5.75 Å². The van der Waals surface area contributed by atoms with Crippen molar-refractivity contribution in [2.75, 3.05) is 7.11 Å². The second kappa shape index (κ2) is 4.78. The number of rotatable bonds is 4. The van der Waals surface area contributed by atoms with E-state index in [1.807, 2.05) is 18.2 Å². The van der Waals surface area contributed by atoms with Crippen LogP contribution in [0.1, 0.15) is 33.3 Å². The Labute approximate surface area is 124 Å². The zero-order chi connectivity index (χ0) is 14.4. The molecule has 3 heteroatoms. The number of methoxy groups -OCH3 is 1. The fourth-order valence-electron chi connectivity index (χ4n) is 3.41. The van der Waals surface area contributed by atoms with E-state index in [-0.39, 0.29) is 16.9 Å². The molecule has 0 amide bonds. The van der Waals surface area contributed by atoms with Gasteiger partial charge in [0, 0.05) is 0 Å². The molecule has 1 unspecified atom stereocenters. The molecule has 0 heterocycles. The van der Waals surface area contributed by atoms with Crippen molar-refractivity contribution in [2.24, 2.45) is 16.7 Å². The van der Waals surface area contributed by atoms with E-state index in [1.54, 1.807) is 7.11 Å². The highest BCUT2D eigenvalue weighted by atomic mass is 79.9. The lowest BCUT2D eigenvalue weighted by Gasteiger charge is -2.14.